The van der Waals surface area contributed by atoms with E-state index in [-0.39, 0.29) is 24.0 Å². The van der Waals surface area contributed by atoms with Crippen LogP contribution in [0.25, 0.3) is 0 Å². The van der Waals surface area contributed by atoms with Crippen molar-refractivity contribution in [2.75, 3.05) is 7.11 Å². The molecular formula is C26H28N4O3S. The first kappa shape index (κ1) is 21.8. The number of fused-ring (bicyclic) bond motifs is 3. The summed E-state index contributed by atoms with van der Waals surface area (Å²) in [4.78, 5) is 15.9. The van der Waals surface area contributed by atoms with Crippen molar-refractivity contribution in [3.63, 3.8) is 0 Å². The van der Waals surface area contributed by atoms with Gasteiger partial charge in [-0.25, -0.2) is 0 Å². The number of nitrogens with one attached hydrogen (secondary N) is 1. The van der Waals surface area contributed by atoms with Crippen molar-refractivity contribution in [2.45, 2.75) is 70.1 Å². The highest BCUT2D eigenvalue weighted by Gasteiger charge is 2.67. The van der Waals surface area contributed by atoms with Crippen molar-refractivity contribution >= 4 is 23.2 Å². The normalized spacial score (nSPS) is 29.9. The van der Waals surface area contributed by atoms with Crippen LogP contribution in [0.3, 0.4) is 0 Å². The van der Waals surface area contributed by atoms with Crippen molar-refractivity contribution in [3.8, 4) is 11.8 Å². The highest BCUT2D eigenvalue weighted by molar-refractivity contribution is 7.80. The summed E-state index contributed by atoms with van der Waals surface area (Å²) in [7, 11) is 1.77. The number of aryl methyl sites for hydroxylation is 1. The highest BCUT2D eigenvalue weighted by atomic mass is 32.1. The van der Waals surface area contributed by atoms with Gasteiger partial charge in [-0.15, -0.1) is 10.2 Å². The summed E-state index contributed by atoms with van der Waals surface area (Å²) < 4.78 is 11.2. The fourth-order valence-electron chi connectivity index (χ4n) is 6.08. The first-order chi connectivity index (χ1) is 16.4. The van der Waals surface area contributed by atoms with Gasteiger partial charge in [0.1, 0.15) is 6.54 Å². The predicted octanol–water partition coefficient (Wildman–Crippen LogP) is 3.38. The Hall–Kier alpha value is -2.76. The van der Waals surface area contributed by atoms with Crippen LogP contribution in [0.4, 0.5) is 0 Å². The van der Waals surface area contributed by atoms with Crippen LogP contribution < -0.4 is 5.32 Å². The monoisotopic (exact) mass is 476 g/mol. The van der Waals surface area contributed by atoms with Crippen LogP contribution in [0.15, 0.2) is 22.6 Å². The number of carbonyl (C=O) groups is 1. The lowest BCUT2D eigenvalue weighted by atomic mass is 9.61. The average molecular weight is 477 g/mol. The minimum atomic E-state index is -0.912. The van der Waals surface area contributed by atoms with Crippen LogP contribution in [0, 0.1) is 30.1 Å². The fraction of sp³-hybridized carbons (Fsp3) is 0.538. The lowest BCUT2D eigenvalue weighted by molar-refractivity contribution is -0.139. The molecule has 1 atom stereocenters. The van der Waals surface area contributed by atoms with Crippen LogP contribution in [0.5, 0.6) is 0 Å². The van der Waals surface area contributed by atoms with Gasteiger partial charge in [0.15, 0.2) is 10.7 Å². The number of ether oxygens (including phenoxy) is 1. The number of rotatable bonds is 3. The van der Waals surface area contributed by atoms with Crippen molar-refractivity contribution in [1.29, 1.82) is 0 Å². The second-order valence-electron chi connectivity index (χ2n) is 10.1. The highest BCUT2D eigenvalue weighted by Crippen LogP contribution is 2.60. The molecule has 1 aromatic carbocycles. The SMILES string of the molecule is COC1CCC2(CC1)Cc1ccc(C#CC3CC3)cc1[C@]21NC(=S)N(Cc2nnc(C)o2)C1=O. The average Bonchev–Trinajstić information content (AvgIpc) is 3.46. The van der Waals surface area contributed by atoms with Crippen molar-refractivity contribution in [3.05, 3.63) is 46.7 Å². The second-order valence-corrected chi connectivity index (χ2v) is 10.5. The number of hydrogen-bond donors (Lipinski definition) is 1. The first-order valence-electron chi connectivity index (χ1n) is 12.0. The topological polar surface area (TPSA) is 80.5 Å². The van der Waals surface area contributed by atoms with Gasteiger partial charge in [0.25, 0.3) is 5.91 Å². The molecule has 7 nitrogen and oxygen atoms in total. The Morgan fingerprint density at radius 2 is 2.06 bits per heavy atom. The summed E-state index contributed by atoms with van der Waals surface area (Å²) in [6, 6.07) is 6.38. The van der Waals surface area contributed by atoms with Crippen LogP contribution in [0.1, 0.15) is 67.0 Å². The lowest BCUT2D eigenvalue weighted by Gasteiger charge is -2.46. The van der Waals surface area contributed by atoms with Crippen molar-refractivity contribution in [1.82, 2.24) is 20.4 Å². The molecule has 0 radical (unpaired) electrons. The Labute approximate surface area is 204 Å². The third kappa shape index (κ3) is 3.29. The van der Waals surface area contributed by atoms with E-state index >= 15 is 0 Å². The largest absolute Gasteiger partial charge is 0.424 e. The predicted molar refractivity (Wildman–Crippen MR) is 128 cm³/mol. The summed E-state index contributed by atoms with van der Waals surface area (Å²) >= 11 is 5.74. The summed E-state index contributed by atoms with van der Waals surface area (Å²) in [5.41, 5.74) is 1.99. The molecule has 8 heteroatoms. The molecule has 1 aromatic heterocycles. The molecule has 2 heterocycles. The molecule has 1 saturated heterocycles. The molecule has 3 fully saturated rings. The zero-order valence-electron chi connectivity index (χ0n) is 19.5. The number of amides is 1. The molecule has 1 N–H and O–H groups in total. The van der Waals surface area contributed by atoms with E-state index in [1.165, 1.54) is 18.4 Å². The van der Waals surface area contributed by atoms with Gasteiger partial charge in [-0.3, -0.25) is 9.69 Å². The fourth-order valence-corrected chi connectivity index (χ4v) is 6.38. The third-order valence-electron chi connectivity index (χ3n) is 8.03. The zero-order chi connectivity index (χ0) is 23.5. The maximum absolute atomic E-state index is 14.3. The number of nitrogens with zero attached hydrogens (tertiary/aromatic N) is 3. The lowest BCUT2D eigenvalue weighted by Crippen LogP contribution is -2.56. The summed E-state index contributed by atoms with van der Waals surface area (Å²) in [6.45, 7) is 1.90. The molecule has 1 amide bonds. The molecule has 0 bridgehead atoms. The number of thiocarbonyl (C=S) groups is 1. The molecule has 0 unspecified atom stereocenters. The van der Waals surface area contributed by atoms with Gasteiger partial charge in [-0.1, -0.05) is 17.9 Å². The van der Waals surface area contributed by atoms with E-state index in [2.05, 4.69) is 45.6 Å². The maximum Gasteiger partial charge on any atom is 0.260 e. The van der Waals surface area contributed by atoms with Gasteiger partial charge in [-0.2, -0.15) is 0 Å². The first-order valence-corrected chi connectivity index (χ1v) is 12.5. The Balaban J connectivity index is 1.43. The van der Waals surface area contributed by atoms with Crippen LogP contribution in [0.2, 0.25) is 0 Å². The molecule has 1 aliphatic heterocycles. The Morgan fingerprint density at radius 3 is 2.74 bits per heavy atom. The van der Waals surface area contributed by atoms with E-state index < -0.39 is 5.54 Å². The van der Waals surface area contributed by atoms with E-state index in [0.717, 1.165) is 43.2 Å². The van der Waals surface area contributed by atoms with Gasteiger partial charge in [-0.05, 0) is 80.4 Å². The van der Waals surface area contributed by atoms with Crippen LogP contribution in [-0.4, -0.2) is 39.3 Å². The van der Waals surface area contributed by atoms with Crippen LogP contribution >= 0.6 is 12.2 Å². The number of carbonyl (C=O) groups excluding carboxylic acids is 1. The number of aromatic nitrogens is 2. The molecule has 2 aromatic rings. The molecule has 34 heavy (non-hydrogen) atoms. The van der Waals surface area contributed by atoms with Crippen LogP contribution in [-0.2, 0) is 28.0 Å². The smallest absolute Gasteiger partial charge is 0.260 e. The van der Waals surface area contributed by atoms with E-state index in [9.17, 15) is 4.79 Å². The van der Waals surface area contributed by atoms with Crippen molar-refractivity contribution in [2.24, 2.45) is 11.3 Å². The van der Waals surface area contributed by atoms with Crippen molar-refractivity contribution < 1.29 is 13.9 Å². The number of methoxy groups -OCH3 is 1. The van der Waals surface area contributed by atoms with E-state index in [0.29, 0.717) is 22.8 Å². The molecule has 2 saturated carbocycles. The molecular weight excluding hydrogens is 448 g/mol. The number of benzene rings is 1. The molecule has 6 rings (SSSR count). The summed E-state index contributed by atoms with van der Waals surface area (Å²) in [6.07, 6.45) is 7.05. The Morgan fingerprint density at radius 1 is 1.26 bits per heavy atom. The van der Waals surface area contributed by atoms with Gasteiger partial charge >= 0.3 is 0 Å². The molecule has 2 spiro atoms. The molecule has 176 valence electrons. The van der Waals surface area contributed by atoms with Gasteiger partial charge < -0.3 is 14.5 Å². The minimum Gasteiger partial charge on any atom is -0.424 e. The second kappa shape index (κ2) is 7.89. The van der Waals surface area contributed by atoms with Gasteiger partial charge in [0, 0.05) is 30.9 Å². The Kier molecular flexibility index (Phi) is 5.05. The number of hydrogen-bond acceptors (Lipinski definition) is 6. The van der Waals surface area contributed by atoms with E-state index in [1.807, 2.05) is 0 Å². The van der Waals surface area contributed by atoms with Gasteiger partial charge in [0.05, 0.1) is 6.10 Å². The standard InChI is InChI=1S/C26H28N4O3S/c1-16-28-29-22(33-16)15-30-23(31)26(27-24(30)34)21-13-18(6-5-17-3-4-17)7-8-19(21)14-25(26)11-9-20(32-2)10-12-25/h7-8,13,17,20H,3-4,9-12,14-15H2,1-2H3,(H,27,34)/t20?,25?,26-/m1/s1. The van der Waals surface area contributed by atoms with E-state index in [4.69, 9.17) is 21.4 Å². The van der Waals surface area contributed by atoms with E-state index in [1.54, 1.807) is 18.9 Å². The summed E-state index contributed by atoms with van der Waals surface area (Å²) in [5.74, 6) is 8.03. The zero-order valence-corrected chi connectivity index (χ0v) is 20.3. The van der Waals surface area contributed by atoms with Gasteiger partial charge in [0.2, 0.25) is 11.8 Å². The summed E-state index contributed by atoms with van der Waals surface area (Å²) in [5, 5.41) is 12.0. The third-order valence-corrected chi connectivity index (χ3v) is 8.35. The maximum atomic E-state index is 14.3. The molecule has 4 aliphatic rings. The quantitative estimate of drug-likeness (QED) is 0.537. The minimum absolute atomic E-state index is 0.0322. The molecule has 3 aliphatic carbocycles. The Bertz CT molecular complexity index is 1230.